The Labute approximate surface area is 129 Å². The van der Waals surface area contributed by atoms with E-state index in [2.05, 4.69) is 55.9 Å². The summed E-state index contributed by atoms with van der Waals surface area (Å²) in [7, 11) is -1.67. The van der Waals surface area contributed by atoms with Gasteiger partial charge >= 0.3 is 0 Å². The van der Waals surface area contributed by atoms with Gasteiger partial charge in [-0.15, -0.1) is 10.2 Å². The topological polar surface area (TPSA) is 64.3 Å². The molecule has 0 aliphatic carbocycles. The van der Waals surface area contributed by atoms with Crippen LogP contribution in [0.1, 0.15) is 27.7 Å². The Morgan fingerprint density at radius 1 is 1.29 bits per heavy atom. The first kappa shape index (κ1) is 16.2. The molecule has 1 aromatic rings. The third-order valence-corrected chi connectivity index (χ3v) is 9.21. The van der Waals surface area contributed by atoms with Crippen LogP contribution in [0.3, 0.4) is 0 Å². The van der Waals surface area contributed by atoms with E-state index in [0.717, 1.165) is 25.5 Å². The fourth-order valence-electron chi connectivity index (χ4n) is 2.20. The molecule has 0 spiro atoms. The SMILES string of the molecule is CC1(CO[Si](C)(C)C(C)(C)C)CN(c2ccc(N)nn2)C1. The first-order valence-electron chi connectivity index (χ1n) is 7.51. The molecule has 1 aliphatic rings. The van der Waals surface area contributed by atoms with Crippen molar-refractivity contribution in [1.29, 1.82) is 0 Å². The van der Waals surface area contributed by atoms with Gasteiger partial charge in [0, 0.05) is 25.1 Å². The highest BCUT2D eigenvalue weighted by Crippen LogP contribution is 2.39. The zero-order chi connectivity index (χ0) is 15.9. The number of rotatable bonds is 4. The number of anilines is 2. The lowest BCUT2D eigenvalue weighted by Gasteiger charge is -2.50. The van der Waals surface area contributed by atoms with Crippen LogP contribution >= 0.6 is 0 Å². The van der Waals surface area contributed by atoms with Crippen LogP contribution in [0.5, 0.6) is 0 Å². The molecule has 1 saturated heterocycles. The second kappa shape index (κ2) is 5.25. The third-order valence-electron chi connectivity index (χ3n) is 4.73. The van der Waals surface area contributed by atoms with Crippen molar-refractivity contribution >= 4 is 20.0 Å². The number of hydrogen-bond acceptors (Lipinski definition) is 5. The zero-order valence-electron chi connectivity index (χ0n) is 14.1. The highest BCUT2D eigenvalue weighted by molar-refractivity contribution is 6.74. The summed E-state index contributed by atoms with van der Waals surface area (Å²) in [5.41, 5.74) is 5.78. The van der Waals surface area contributed by atoms with Crippen molar-refractivity contribution in [2.24, 2.45) is 5.41 Å². The minimum atomic E-state index is -1.67. The largest absolute Gasteiger partial charge is 0.416 e. The number of nitrogens with zero attached hydrogens (tertiary/aromatic N) is 3. The van der Waals surface area contributed by atoms with Crippen LogP contribution in [0.15, 0.2) is 12.1 Å². The molecule has 2 heterocycles. The molecular weight excluding hydrogens is 280 g/mol. The summed E-state index contributed by atoms with van der Waals surface area (Å²) in [5, 5.41) is 8.30. The molecule has 0 amide bonds. The van der Waals surface area contributed by atoms with E-state index in [0.29, 0.717) is 5.82 Å². The number of aromatic nitrogens is 2. The van der Waals surface area contributed by atoms with Gasteiger partial charge in [0.05, 0.1) is 0 Å². The van der Waals surface area contributed by atoms with E-state index < -0.39 is 8.32 Å². The molecule has 0 atom stereocenters. The average molecular weight is 309 g/mol. The quantitative estimate of drug-likeness (QED) is 0.866. The molecule has 0 bridgehead atoms. The van der Waals surface area contributed by atoms with Gasteiger partial charge in [0.1, 0.15) is 5.82 Å². The van der Waals surface area contributed by atoms with Crippen molar-refractivity contribution in [1.82, 2.24) is 10.2 Å². The summed E-state index contributed by atoms with van der Waals surface area (Å²) in [6.07, 6.45) is 0. The minimum absolute atomic E-state index is 0.207. The van der Waals surface area contributed by atoms with Gasteiger partial charge in [-0.05, 0) is 30.3 Å². The Hall–Kier alpha value is -1.14. The van der Waals surface area contributed by atoms with Gasteiger partial charge in [-0.3, -0.25) is 0 Å². The van der Waals surface area contributed by atoms with Crippen LogP contribution in [0, 0.1) is 5.41 Å². The lowest BCUT2D eigenvalue weighted by atomic mass is 9.83. The maximum Gasteiger partial charge on any atom is 0.192 e. The van der Waals surface area contributed by atoms with Crippen LogP contribution in [0.2, 0.25) is 18.1 Å². The predicted molar refractivity (Wildman–Crippen MR) is 89.9 cm³/mol. The third kappa shape index (κ3) is 3.55. The van der Waals surface area contributed by atoms with Crippen LogP contribution < -0.4 is 10.6 Å². The van der Waals surface area contributed by atoms with E-state index in [1.807, 2.05) is 6.07 Å². The summed E-state index contributed by atoms with van der Waals surface area (Å²) >= 11 is 0. The van der Waals surface area contributed by atoms with E-state index in [4.69, 9.17) is 10.2 Å². The van der Waals surface area contributed by atoms with E-state index >= 15 is 0 Å². The summed E-state index contributed by atoms with van der Waals surface area (Å²) in [5.74, 6) is 1.36. The number of nitrogen functional groups attached to an aromatic ring is 1. The Bertz CT molecular complexity index is 489. The van der Waals surface area contributed by atoms with Crippen LogP contribution in [0.4, 0.5) is 11.6 Å². The first-order chi connectivity index (χ1) is 9.52. The molecule has 2 rings (SSSR count). The van der Waals surface area contributed by atoms with E-state index in [-0.39, 0.29) is 10.5 Å². The second-order valence-corrected chi connectivity index (χ2v) is 12.8. The predicted octanol–water partition coefficient (Wildman–Crippen LogP) is 2.91. The molecule has 0 saturated carbocycles. The Kier molecular flexibility index (Phi) is 4.05. The maximum absolute atomic E-state index is 6.36. The molecule has 1 aliphatic heterocycles. The first-order valence-corrected chi connectivity index (χ1v) is 10.4. The van der Waals surface area contributed by atoms with Gasteiger partial charge in [-0.2, -0.15) is 0 Å². The van der Waals surface area contributed by atoms with Crippen LogP contribution in [-0.4, -0.2) is 38.2 Å². The minimum Gasteiger partial charge on any atom is -0.416 e. The molecule has 118 valence electrons. The lowest BCUT2D eigenvalue weighted by Crippen LogP contribution is -2.59. The Morgan fingerprint density at radius 3 is 2.38 bits per heavy atom. The Morgan fingerprint density at radius 2 is 1.90 bits per heavy atom. The van der Waals surface area contributed by atoms with Crippen molar-refractivity contribution in [3.63, 3.8) is 0 Å². The molecular formula is C15H28N4OSi. The number of nitrogens with two attached hydrogens (primary N) is 1. The lowest BCUT2D eigenvalue weighted by molar-refractivity contribution is 0.116. The summed E-state index contributed by atoms with van der Waals surface area (Å²) in [4.78, 5) is 2.22. The zero-order valence-corrected chi connectivity index (χ0v) is 15.1. The van der Waals surface area contributed by atoms with Gasteiger partial charge in [0.25, 0.3) is 0 Å². The Balaban J connectivity index is 1.89. The molecule has 21 heavy (non-hydrogen) atoms. The molecule has 1 fully saturated rings. The fraction of sp³-hybridized carbons (Fsp3) is 0.733. The molecule has 0 radical (unpaired) electrons. The van der Waals surface area contributed by atoms with Crippen molar-refractivity contribution in [2.45, 2.75) is 45.8 Å². The fourth-order valence-corrected chi connectivity index (χ4v) is 3.35. The summed E-state index contributed by atoms with van der Waals surface area (Å²) in [6.45, 7) is 16.5. The van der Waals surface area contributed by atoms with E-state index in [9.17, 15) is 0 Å². The van der Waals surface area contributed by atoms with Crippen molar-refractivity contribution in [3.05, 3.63) is 12.1 Å². The molecule has 6 heteroatoms. The van der Waals surface area contributed by atoms with Gasteiger partial charge in [0.2, 0.25) is 0 Å². The molecule has 2 N–H and O–H groups in total. The highest BCUT2D eigenvalue weighted by atomic mass is 28.4. The molecule has 0 unspecified atom stereocenters. The summed E-state index contributed by atoms with van der Waals surface area (Å²) < 4.78 is 6.36. The molecule has 1 aromatic heterocycles. The van der Waals surface area contributed by atoms with Crippen molar-refractivity contribution in [3.8, 4) is 0 Å². The highest BCUT2D eigenvalue weighted by Gasteiger charge is 2.44. The average Bonchev–Trinajstić information content (AvgIpc) is 2.33. The van der Waals surface area contributed by atoms with Crippen molar-refractivity contribution < 1.29 is 4.43 Å². The normalized spacial score (nSPS) is 18.5. The summed E-state index contributed by atoms with van der Waals surface area (Å²) in [6, 6.07) is 3.72. The monoisotopic (exact) mass is 308 g/mol. The second-order valence-electron chi connectivity index (χ2n) is 8.03. The molecule has 5 nitrogen and oxygen atoms in total. The van der Waals surface area contributed by atoms with E-state index in [1.165, 1.54) is 0 Å². The van der Waals surface area contributed by atoms with Gasteiger partial charge in [0.15, 0.2) is 14.1 Å². The van der Waals surface area contributed by atoms with Gasteiger partial charge in [-0.25, -0.2) is 0 Å². The number of hydrogen-bond donors (Lipinski definition) is 1. The maximum atomic E-state index is 6.36. The van der Waals surface area contributed by atoms with Gasteiger partial charge < -0.3 is 15.1 Å². The standard InChI is InChI=1S/C15H28N4OSi/c1-14(2,3)21(5,6)20-11-15(4)9-19(10-15)13-8-7-12(16)17-18-13/h7-8H,9-11H2,1-6H3,(H2,16,17). The smallest absolute Gasteiger partial charge is 0.192 e. The van der Waals surface area contributed by atoms with Crippen LogP contribution in [0.25, 0.3) is 0 Å². The van der Waals surface area contributed by atoms with Gasteiger partial charge in [-0.1, -0.05) is 27.7 Å². The van der Waals surface area contributed by atoms with Crippen LogP contribution in [-0.2, 0) is 4.43 Å². The van der Waals surface area contributed by atoms with Crippen molar-refractivity contribution in [2.75, 3.05) is 30.3 Å². The molecule has 0 aromatic carbocycles. The van der Waals surface area contributed by atoms with E-state index in [1.54, 1.807) is 6.07 Å².